The van der Waals surface area contributed by atoms with Crippen molar-refractivity contribution in [2.75, 3.05) is 6.61 Å². The van der Waals surface area contributed by atoms with Crippen LogP contribution in [-0.2, 0) is 10.9 Å². The number of carbonyl (C=O) groups is 1. The summed E-state index contributed by atoms with van der Waals surface area (Å²) in [6.07, 6.45) is 0. The molecule has 0 heterocycles. The summed E-state index contributed by atoms with van der Waals surface area (Å²) >= 11 is 3.32. The minimum Gasteiger partial charge on any atom is -0.393 e. The summed E-state index contributed by atoms with van der Waals surface area (Å²) in [5.74, 6) is -0.305. The Morgan fingerprint density at radius 1 is 1.50 bits per heavy atom. The molecule has 0 aliphatic carbocycles. The molecule has 1 N–H and O–H groups in total. The number of rotatable bonds is 5. The van der Waals surface area contributed by atoms with Crippen molar-refractivity contribution in [3.8, 4) is 0 Å². The molecular weight excluding hydrogens is 388 g/mol. The highest BCUT2D eigenvalue weighted by Gasteiger charge is 2.20. The van der Waals surface area contributed by atoms with Crippen LogP contribution >= 0.6 is 46.0 Å². The zero-order valence-electron chi connectivity index (χ0n) is 6.84. The second-order valence-electron chi connectivity index (χ2n) is 2.55. The Hall–Kier alpha value is 0.850. The van der Waals surface area contributed by atoms with Gasteiger partial charge in [0.05, 0.1) is 6.61 Å². The lowest BCUT2D eigenvalue weighted by atomic mass is 10.3. The number of hydrogen-bond donors (Lipinski definition) is 1. The molecule has 0 fully saturated rings. The van der Waals surface area contributed by atoms with E-state index in [4.69, 9.17) is 3.07 Å². The molecule has 12 heavy (non-hydrogen) atoms. The van der Waals surface area contributed by atoms with E-state index in [1.54, 1.807) is 46.0 Å². The molecule has 72 valence electrons. The van der Waals surface area contributed by atoms with Gasteiger partial charge in [-0.1, -0.05) is 13.8 Å². The third kappa shape index (κ3) is 5.49. The van der Waals surface area contributed by atoms with E-state index >= 15 is 0 Å². The van der Waals surface area contributed by atoms with Crippen LogP contribution in [0.1, 0.15) is 13.8 Å². The lowest BCUT2D eigenvalue weighted by molar-refractivity contribution is -0.134. The van der Waals surface area contributed by atoms with Crippen LogP contribution in [0.3, 0.4) is 0 Å². The molecule has 0 aliphatic heterocycles. The topological polar surface area (TPSA) is 47.6 Å². The minimum absolute atomic E-state index is 0.233. The highest BCUT2D eigenvalue weighted by molar-refractivity contribution is 14.1. The monoisotopic (exact) mass is 399 g/mol. The maximum atomic E-state index is 11.1. The molecule has 0 aromatic rings. The molecule has 0 aromatic heterocycles. The molecule has 0 saturated heterocycles. The van der Waals surface area contributed by atoms with Gasteiger partial charge < -0.3 is 11.4 Å². The van der Waals surface area contributed by atoms with Gasteiger partial charge >= 0.3 is 5.97 Å². The SMILES string of the molecule is CC(C)N[C@H](COI)C(=O)OI. The number of nitrogens with one attached hydrogen (secondary N) is 1. The predicted octanol–water partition coefficient (Wildman–Crippen LogP) is 1.61. The molecule has 0 rings (SSSR count). The summed E-state index contributed by atoms with van der Waals surface area (Å²) < 4.78 is 9.38. The van der Waals surface area contributed by atoms with Crippen LogP contribution in [0.15, 0.2) is 0 Å². The van der Waals surface area contributed by atoms with Crippen molar-refractivity contribution in [3.05, 3.63) is 0 Å². The Labute approximate surface area is 100 Å². The zero-order chi connectivity index (χ0) is 9.56. The summed E-state index contributed by atoms with van der Waals surface area (Å²) in [7, 11) is 0. The molecule has 0 spiro atoms. The molecule has 0 saturated carbocycles. The van der Waals surface area contributed by atoms with E-state index in [1.807, 2.05) is 13.8 Å². The highest BCUT2D eigenvalue weighted by atomic mass is 127. The standard InChI is InChI=1S/C6H11I2NO3/c1-4(2)9-5(3-11-7)6(10)12-8/h4-5,9H,3H2,1-2H3/t5-/m1/s1. The molecular formula is C6H11I2NO3. The lowest BCUT2D eigenvalue weighted by Gasteiger charge is -2.16. The van der Waals surface area contributed by atoms with Crippen LogP contribution in [0, 0.1) is 0 Å². The van der Waals surface area contributed by atoms with Crippen molar-refractivity contribution in [1.29, 1.82) is 0 Å². The highest BCUT2D eigenvalue weighted by Crippen LogP contribution is 1.99. The van der Waals surface area contributed by atoms with Crippen molar-refractivity contribution in [2.45, 2.75) is 25.9 Å². The number of halogens is 2. The third-order valence-electron chi connectivity index (χ3n) is 1.12. The summed E-state index contributed by atoms with van der Waals surface area (Å²) in [6.45, 7) is 4.24. The fourth-order valence-corrected chi connectivity index (χ4v) is 1.37. The molecule has 0 radical (unpaired) electrons. The third-order valence-corrected chi connectivity index (χ3v) is 1.92. The lowest BCUT2D eigenvalue weighted by Crippen LogP contribution is -2.43. The number of carbonyl (C=O) groups excluding carboxylic acids is 1. The van der Waals surface area contributed by atoms with Crippen LogP contribution in [0.25, 0.3) is 0 Å². The Bertz CT molecular complexity index is 143. The molecule has 0 unspecified atom stereocenters. The fraction of sp³-hybridized carbons (Fsp3) is 0.833. The summed E-state index contributed by atoms with van der Waals surface area (Å²) in [4.78, 5) is 11.1. The molecule has 0 amide bonds. The van der Waals surface area contributed by atoms with Gasteiger partial charge in [-0.05, 0) is 0 Å². The smallest absolute Gasteiger partial charge is 0.334 e. The molecule has 4 nitrogen and oxygen atoms in total. The maximum absolute atomic E-state index is 11.1. The van der Waals surface area contributed by atoms with Gasteiger partial charge in [-0.2, -0.15) is 0 Å². The van der Waals surface area contributed by atoms with Crippen LogP contribution in [0.5, 0.6) is 0 Å². The van der Waals surface area contributed by atoms with Crippen molar-refractivity contribution in [1.82, 2.24) is 5.32 Å². The molecule has 0 bridgehead atoms. The van der Waals surface area contributed by atoms with E-state index in [9.17, 15) is 4.79 Å². The van der Waals surface area contributed by atoms with Crippen LogP contribution in [0.2, 0.25) is 0 Å². The Balaban J connectivity index is 3.94. The van der Waals surface area contributed by atoms with Gasteiger partial charge in [-0.3, -0.25) is 0 Å². The predicted molar refractivity (Wildman–Crippen MR) is 62.1 cm³/mol. The van der Waals surface area contributed by atoms with Gasteiger partial charge in [0, 0.05) is 6.04 Å². The molecule has 6 heteroatoms. The van der Waals surface area contributed by atoms with E-state index < -0.39 is 0 Å². The van der Waals surface area contributed by atoms with E-state index in [2.05, 4.69) is 8.38 Å². The maximum Gasteiger partial charge on any atom is 0.334 e. The van der Waals surface area contributed by atoms with Crippen LogP contribution < -0.4 is 5.32 Å². The van der Waals surface area contributed by atoms with Gasteiger partial charge in [0.1, 0.15) is 29.0 Å². The second-order valence-corrected chi connectivity index (χ2v) is 3.61. The largest absolute Gasteiger partial charge is 0.393 e. The molecule has 0 aromatic carbocycles. The summed E-state index contributed by atoms with van der Waals surface area (Å²) in [6, 6.07) is -0.143. The van der Waals surface area contributed by atoms with Crippen molar-refractivity contribution < 1.29 is 10.9 Å². The normalized spacial score (nSPS) is 13.1. The van der Waals surface area contributed by atoms with Gasteiger partial charge in [0.15, 0.2) is 23.0 Å². The first-order valence-electron chi connectivity index (χ1n) is 3.43. The average molecular weight is 399 g/mol. The van der Waals surface area contributed by atoms with Gasteiger partial charge in [0.25, 0.3) is 0 Å². The first-order valence-corrected chi connectivity index (χ1v) is 5.20. The number of hydrogen-bond acceptors (Lipinski definition) is 4. The van der Waals surface area contributed by atoms with E-state index in [0.717, 1.165) is 0 Å². The Morgan fingerprint density at radius 3 is 2.42 bits per heavy atom. The average Bonchev–Trinajstić information content (AvgIpc) is 2.01. The van der Waals surface area contributed by atoms with Crippen LogP contribution in [-0.4, -0.2) is 24.7 Å². The zero-order valence-corrected chi connectivity index (χ0v) is 11.2. The second kappa shape index (κ2) is 7.27. The van der Waals surface area contributed by atoms with E-state index in [-0.39, 0.29) is 18.1 Å². The van der Waals surface area contributed by atoms with Crippen LogP contribution in [0.4, 0.5) is 0 Å². The molecule has 1 atom stereocenters. The summed E-state index contributed by atoms with van der Waals surface area (Å²) in [5, 5.41) is 3.02. The first-order chi connectivity index (χ1) is 5.61. The van der Waals surface area contributed by atoms with Gasteiger partial charge in [-0.15, -0.1) is 0 Å². The summed E-state index contributed by atoms with van der Waals surface area (Å²) in [5.41, 5.74) is 0. The Kier molecular flexibility index (Phi) is 7.79. The Morgan fingerprint density at radius 2 is 2.08 bits per heavy atom. The van der Waals surface area contributed by atoms with Gasteiger partial charge in [-0.25, -0.2) is 4.79 Å². The van der Waals surface area contributed by atoms with Crippen molar-refractivity contribution in [3.63, 3.8) is 0 Å². The minimum atomic E-state index is -0.376. The van der Waals surface area contributed by atoms with E-state index in [0.29, 0.717) is 6.61 Å². The van der Waals surface area contributed by atoms with Crippen molar-refractivity contribution >= 4 is 52.0 Å². The molecule has 0 aliphatic rings. The fourth-order valence-electron chi connectivity index (χ4n) is 0.703. The van der Waals surface area contributed by atoms with Gasteiger partial charge in [0.2, 0.25) is 0 Å². The first kappa shape index (κ1) is 12.8. The van der Waals surface area contributed by atoms with Crippen molar-refractivity contribution in [2.24, 2.45) is 0 Å². The van der Waals surface area contributed by atoms with E-state index in [1.165, 1.54) is 0 Å². The quantitative estimate of drug-likeness (QED) is 0.715.